The Labute approximate surface area is 211 Å². The second kappa shape index (κ2) is 11.0. The van der Waals surface area contributed by atoms with Gasteiger partial charge in [-0.2, -0.15) is 0 Å². The van der Waals surface area contributed by atoms with E-state index in [-0.39, 0.29) is 36.4 Å². The average molecular weight is 505 g/mol. The summed E-state index contributed by atoms with van der Waals surface area (Å²) in [5.41, 5.74) is 2.70. The number of hydrogen-bond donors (Lipinski definition) is 1. The lowest BCUT2D eigenvalue weighted by molar-refractivity contribution is -0.118. The molecule has 190 valence electrons. The third-order valence-electron chi connectivity index (χ3n) is 6.79. The number of alkyl carbamates (subject to hydrolysis) is 1. The van der Waals surface area contributed by atoms with Crippen molar-refractivity contribution in [3.05, 3.63) is 46.5 Å². The van der Waals surface area contributed by atoms with E-state index < -0.39 is 6.09 Å². The maximum absolute atomic E-state index is 13.0. The second-order valence-electron chi connectivity index (χ2n) is 9.36. The van der Waals surface area contributed by atoms with E-state index in [1.807, 2.05) is 37.3 Å². The zero-order valence-electron chi connectivity index (χ0n) is 20.6. The first kappa shape index (κ1) is 25.5. The van der Waals surface area contributed by atoms with Crippen LogP contribution in [-0.2, 0) is 25.4 Å². The van der Waals surface area contributed by atoms with Gasteiger partial charge in [0.05, 0.1) is 37.2 Å². The number of fused-ring (bicyclic) bond motifs is 5. The van der Waals surface area contributed by atoms with Gasteiger partial charge in [0.1, 0.15) is 16.9 Å². The monoisotopic (exact) mass is 504 g/mol. The van der Waals surface area contributed by atoms with Gasteiger partial charge >= 0.3 is 6.09 Å². The summed E-state index contributed by atoms with van der Waals surface area (Å²) in [7, 11) is 4.93. The highest BCUT2D eigenvalue weighted by molar-refractivity contribution is 6.35. The number of epoxide rings is 1. The number of allylic oxidation sites excluding steroid dienone is 3. The third kappa shape index (κ3) is 6.18. The molecule has 3 aliphatic heterocycles. The number of carbonyl (C=O) groups is 2. The fourth-order valence-corrected chi connectivity index (χ4v) is 5.09. The van der Waals surface area contributed by atoms with Gasteiger partial charge in [-0.15, -0.1) is 0 Å². The molecule has 1 aromatic carbocycles. The molecule has 0 spiro atoms. The molecule has 3 aliphatic rings. The second-order valence-corrected chi connectivity index (χ2v) is 9.74. The Bertz CT molecular complexity index is 1030. The van der Waals surface area contributed by atoms with E-state index in [1.54, 1.807) is 26.2 Å². The number of ether oxygens (including phenoxy) is 4. The Kier molecular flexibility index (Phi) is 8.04. The summed E-state index contributed by atoms with van der Waals surface area (Å²) in [5, 5.41) is 3.28. The Balaban J connectivity index is 1.63. The Hall–Kier alpha value is -2.55. The first-order valence-corrected chi connectivity index (χ1v) is 12.3. The summed E-state index contributed by atoms with van der Waals surface area (Å²) in [6.07, 6.45) is 7.64. The van der Waals surface area contributed by atoms with E-state index in [9.17, 15) is 9.59 Å². The highest BCUT2D eigenvalue weighted by atomic mass is 35.5. The minimum absolute atomic E-state index is 0.0252. The molecule has 4 bridgehead atoms. The van der Waals surface area contributed by atoms with Gasteiger partial charge in [0.2, 0.25) is 5.91 Å². The number of nitrogens with zero attached hydrogens (tertiary/aromatic N) is 1. The normalized spacial score (nSPS) is 32.0. The van der Waals surface area contributed by atoms with E-state index in [1.165, 1.54) is 0 Å². The molecule has 0 aliphatic carbocycles. The predicted molar refractivity (Wildman–Crippen MR) is 133 cm³/mol. The van der Waals surface area contributed by atoms with Crippen LogP contribution >= 0.6 is 11.6 Å². The Morgan fingerprint density at radius 3 is 2.71 bits per heavy atom. The number of carbonyl (C=O) groups excluding carboxylic acids is 2. The number of halogens is 1. The van der Waals surface area contributed by atoms with Crippen molar-refractivity contribution in [1.29, 1.82) is 0 Å². The summed E-state index contributed by atoms with van der Waals surface area (Å²) in [4.78, 5) is 26.7. The summed E-state index contributed by atoms with van der Waals surface area (Å²) >= 11 is 6.57. The first-order chi connectivity index (χ1) is 16.8. The average Bonchev–Trinajstić information content (AvgIpc) is 3.57. The molecular weight excluding hydrogens is 472 g/mol. The molecule has 8 nitrogen and oxygen atoms in total. The lowest BCUT2D eigenvalue weighted by Crippen LogP contribution is -2.51. The molecule has 1 aromatic rings. The number of methoxy groups -OCH3 is 2. The van der Waals surface area contributed by atoms with Gasteiger partial charge in [0.15, 0.2) is 0 Å². The molecule has 4 rings (SSSR count). The van der Waals surface area contributed by atoms with Crippen molar-refractivity contribution in [2.45, 2.75) is 69.5 Å². The van der Waals surface area contributed by atoms with Gasteiger partial charge in [-0.1, -0.05) is 35.4 Å². The molecular formula is C26H33ClN2O6. The van der Waals surface area contributed by atoms with Crippen molar-refractivity contribution >= 4 is 29.3 Å². The number of rotatable bonds is 2. The fraction of sp³-hybridized carbons (Fsp3) is 0.538. The van der Waals surface area contributed by atoms with E-state index in [2.05, 4.69) is 5.32 Å². The van der Waals surface area contributed by atoms with Gasteiger partial charge in [-0.25, -0.2) is 4.79 Å². The summed E-state index contributed by atoms with van der Waals surface area (Å²) in [6, 6.07) is 3.63. The van der Waals surface area contributed by atoms with Crippen molar-refractivity contribution in [1.82, 2.24) is 5.32 Å². The van der Waals surface area contributed by atoms with E-state index >= 15 is 0 Å². The zero-order chi connectivity index (χ0) is 25.1. The predicted octanol–water partition coefficient (Wildman–Crippen LogP) is 4.19. The largest absolute Gasteiger partial charge is 0.495 e. The van der Waals surface area contributed by atoms with Crippen LogP contribution in [0.15, 0.2) is 35.9 Å². The molecule has 9 heteroatoms. The zero-order valence-corrected chi connectivity index (χ0v) is 21.3. The molecule has 5 atom stereocenters. The maximum Gasteiger partial charge on any atom is 0.407 e. The van der Waals surface area contributed by atoms with Crippen LogP contribution in [0, 0.1) is 0 Å². The number of benzene rings is 1. The topological polar surface area (TPSA) is 89.6 Å². The molecule has 35 heavy (non-hydrogen) atoms. The third-order valence-corrected chi connectivity index (χ3v) is 7.17. The summed E-state index contributed by atoms with van der Waals surface area (Å²) in [6.45, 7) is 2.03. The van der Waals surface area contributed by atoms with Crippen molar-refractivity contribution in [3.63, 3.8) is 0 Å². The van der Waals surface area contributed by atoms with E-state index in [4.69, 9.17) is 30.5 Å². The van der Waals surface area contributed by atoms with Crippen LogP contribution in [0.5, 0.6) is 5.75 Å². The van der Waals surface area contributed by atoms with Crippen LogP contribution in [0.2, 0.25) is 5.02 Å². The Morgan fingerprint density at radius 1 is 1.17 bits per heavy atom. The molecule has 2 amide bonds. The minimum Gasteiger partial charge on any atom is -0.495 e. The number of nitrogens with one attached hydrogen (secondary N) is 1. The molecule has 2 saturated heterocycles. The lowest BCUT2D eigenvalue weighted by atomic mass is 9.97. The van der Waals surface area contributed by atoms with Crippen LogP contribution in [0.25, 0.3) is 0 Å². The number of anilines is 1. The van der Waals surface area contributed by atoms with Crippen molar-refractivity contribution in [2.24, 2.45) is 0 Å². The maximum atomic E-state index is 13.0. The first-order valence-electron chi connectivity index (χ1n) is 11.9. The van der Waals surface area contributed by atoms with E-state index in [0.29, 0.717) is 48.6 Å². The van der Waals surface area contributed by atoms with Gasteiger partial charge < -0.3 is 29.2 Å². The van der Waals surface area contributed by atoms with Crippen molar-refractivity contribution < 1.29 is 28.5 Å². The fourth-order valence-electron chi connectivity index (χ4n) is 4.78. The smallest absolute Gasteiger partial charge is 0.407 e. The van der Waals surface area contributed by atoms with Crippen molar-refractivity contribution in [3.8, 4) is 5.75 Å². The molecule has 1 unspecified atom stereocenters. The number of amides is 2. The molecule has 0 radical (unpaired) electrons. The van der Waals surface area contributed by atoms with E-state index in [0.717, 1.165) is 11.1 Å². The van der Waals surface area contributed by atoms with Crippen LogP contribution in [-0.4, -0.2) is 63.7 Å². The quantitative estimate of drug-likeness (QED) is 0.607. The van der Waals surface area contributed by atoms with Crippen LogP contribution in [0.4, 0.5) is 10.5 Å². The molecule has 1 N–H and O–H groups in total. The highest BCUT2D eigenvalue weighted by Crippen LogP contribution is 2.38. The Morgan fingerprint density at radius 2 is 1.97 bits per heavy atom. The molecule has 3 heterocycles. The van der Waals surface area contributed by atoms with Gasteiger partial charge in [0.25, 0.3) is 0 Å². The van der Waals surface area contributed by atoms with Crippen molar-refractivity contribution in [2.75, 3.05) is 26.2 Å². The highest BCUT2D eigenvalue weighted by Gasteiger charge is 2.43. The van der Waals surface area contributed by atoms with Gasteiger partial charge in [-0.3, -0.25) is 4.79 Å². The number of hydrogen-bond acceptors (Lipinski definition) is 6. The molecule has 2 fully saturated rings. The van der Waals surface area contributed by atoms with Gasteiger partial charge in [-0.05, 0) is 37.5 Å². The molecule has 0 aromatic heterocycles. The van der Waals surface area contributed by atoms with Gasteiger partial charge in [0, 0.05) is 33.4 Å². The minimum atomic E-state index is -0.446. The van der Waals surface area contributed by atoms with Crippen LogP contribution in [0.3, 0.4) is 0 Å². The standard InChI is InChI=1S/C26H33ClN2O6/c1-15-6-5-7-20(32-3)18-13-17(34-26(31)28-18)14-22-21(35-22)8-9-24(30)29(2)19-11-16(10-15)12-23(33-4)25(19)27/h5-7,11-12,17-18,20-22H,8-10,13-14H2,1-4H3,(H,28,31)/b7-5+,15-6+/t17-,18?,20+,21-,22-/m0/s1. The summed E-state index contributed by atoms with van der Waals surface area (Å²) < 4.78 is 22.4. The van der Waals surface area contributed by atoms with Crippen LogP contribution < -0.4 is 15.0 Å². The molecule has 0 saturated carbocycles. The van der Waals surface area contributed by atoms with Crippen LogP contribution in [0.1, 0.15) is 38.2 Å². The SMILES string of the molecule is COc1cc2cc(c1Cl)N(C)C(=O)CC[C@@H]1O[C@H]1C[C@@H]1CC(NC(=O)O1)[C@H](OC)/C=C/C=C(\C)C2. The lowest BCUT2D eigenvalue weighted by Gasteiger charge is -2.33. The summed E-state index contributed by atoms with van der Waals surface area (Å²) in [5.74, 6) is 0.478.